The smallest absolute Gasteiger partial charge is 0.269 e. The average Bonchev–Trinajstić information content (AvgIpc) is 3.10. The summed E-state index contributed by atoms with van der Waals surface area (Å²) in [7, 11) is 0. The van der Waals surface area contributed by atoms with E-state index in [2.05, 4.69) is 10.2 Å². The van der Waals surface area contributed by atoms with Crippen molar-refractivity contribution >= 4 is 22.4 Å². The van der Waals surface area contributed by atoms with Gasteiger partial charge in [0.25, 0.3) is 5.69 Å². The Morgan fingerprint density at radius 1 is 1.27 bits per heavy atom. The van der Waals surface area contributed by atoms with Crippen LogP contribution in [0.25, 0.3) is 10.6 Å². The molecule has 1 aromatic heterocycles. The van der Waals surface area contributed by atoms with Gasteiger partial charge in [0.15, 0.2) is 5.16 Å². The van der Waals surface area contributed by atoms with Crippen molar-refractivity contribution in [2.75, 3.05) is 0 Å². The van der Waals surface area contributed by atoms with Crippen LogP contribution in [0.5, 0.6) is 0 Å². The normalized spacial score (nSPS) is 11.2. The maximum Gasteiger partial charge on any atom is 0.269 e. The summed E-state index contributed by atoms with van der Waals surface area (Å²) in [4.78, 5) is 11.0. The first kappa shape index (κ1) is 17.4. The van der Waals surface area contributed by atoms with Crippen LogP contribution in [-0.4, -0.2) is 19.7 Å². The van der Waals surface area contributed by atoms with Gasteiger partial charge in [-0.2, -0.15) is 5.26 Å². The van der Waals surface area contributed by atoms with Gasteiger partial charge in [0.1, 0.15) is 6.33 Å². The Kier molecular flexibility index (Phi) is 5.10. The fraction of sp³-hybridized carbons (Fsp3) is 0.0556. The van der Waals surface area contributed by atoms with Gasteiger partial charge in [-0.05, 0) is 48.0 Å². The van der Waals surface area contributed by atoms with Crippen molar-refractivity contribution in [3.05, 3.63) is 82.2 Å². The molecule has 0 saturated heterocycles. The lowest BCUT2D eigenvalue weighted by Gasteiger charge is -2.10. The molecule has 7 nitrogen and oxygen atoms in total. The highest BCUT2D eigenvalue weighted by Gasteiger charge is 2.14. The molecule has 2 aromatic carbocycles. The van der Waals surface area contributed by atoms with Gasteiger partial charge in [-0.1, -0.05) is 18.2 Å². The standard InChI is InChI=1S/C18H13N5O2S/c1-13-4-2-3-5-16(13)22-12-20-21-18(22)26-17(10-11-19)14-6-8-15(9-7-14)23(24)25/h2-10,12H,1H3/b17-10-. The fourth-order valence-electron chi connectivity index (χ4n) is 2.37. The fourth-order valence-corrected chi connectivity index (χ4v) is 3.26. The van der Waals surface area contributed by atoms with Crippen LogP contribution in [0.2, 0.25) is 0 Å². The number of hydrogen-bond donors (Lipinski definition) is 0. The Labute approximate surface area is 153 Å². The molecule has 0 aliphatic carbocycles. The Morgan fingerprint density at radius 2 is 2.00 bits per heavy atom. The number of para-hydroxylation sites is 1. The molecule has 0 unspecified atom stereocenters. The molecule has 8 heteroatoms. The number of allylic oxidation sites excluding steroid dienone is 1. The molecular weight excluding hydrogens is 350 g/mol. The number of rotatable bonds is 5. The van der Waals surface area contributed by atoms with Gasteiger partial charge in [0, 0.05) is 23.1 Å². The number of thioether (sulfide) groups is 1. The Balaban J connectivity index is 1.95. The molecule has 3 rings (SSSR count). The number of aryl methyl sites for hydroxylation is 1. The molecule has 0 spiro atoms. The van der Waals surface area contributed by atoms with E-state index in [0.717, 1.165) is 11.3 Å². The summed E-state index contributed by atoms with van der Waals surface area (Å²) in [5.41, 5.74) is 2.70. The molecule has 26 heavy (non-hydrogen) atoms. The lowest BCUT2D eigenvalue weighted by Crippen LogP contribution is -1.97. The second-order valence-corrected chi connectivity index (χ2v) is 6.32. The van der Waals surface area contributed by atoms with Crippen molar-refractivity contribution in [3.8, 4) is 11.8 Å². The number of nitro groups is 1. The summed E-state index contributed by atoms with van der Waals surface area (Å²) in [6.07, 6.45) is 3.01. The monoisotopic (exact) mass is 363 g/mol. The summed E-state index contributed by atoms with van der Waals surface area (Å²) < 4.78 is 1.84. The van der Waals surface area contributed by atoms with E-state index in [0.29, 0.717) is 15.6 Å². The van der Waals surface area contributed by atoms with Gasteiger partial charge in [-0.25, -0.2) is 0 Å². The van der Waals surface area contributed by atoms with Gasteiger partial charge in [-0.3, -0.25) is 14.7 Å². The van der Waals surface area contributed by atoms with Gasteiger partial charge in [-0.15, -0.1) is 10.2 Å². The van der Waals surface area contributed by atoms with Crippen molar-refractivity contribution in [2.45, 2.75) is 12.1 Å². The van der Waals surface area contributed by atoms with E-state index in [9.17, 15) is 10.1 Å². The van der Waals surface area contributed by atoms with E-state index in [4.69, 9.17) is 5.26 Å². The number of hydrogen-bond acceptors (Lipinski definition) is 6. The van der Waals surface area contributed by atoms with Crippen LogP contribution in [0.1, 0.15) is 11.1 Å². The van der Waals surface area contributed by atoms with E-state index < -0.39 is 4.92 Å². The van der Waals surface area contributed by atoms with Crippen LogP contribution in [-0.2, 0) is 0 Å². The van der Waals surface area contributed by atoms with E-state index in [1.807, 2.05) is 41.8 Å². The number of aromatic nitrogens is 3. The highest BCUT2D eigenvalue weighted by atomic mass is 32.2. The molecule has 0 bridgehead atoms. The third-order valence-electron chi connectivity index (χ3n) is 3.65. The van der Waals surface area contributed by atoms with Crippen LogP contribution in [0, 0.1) is 28.4 Å². The summed E-state index contributed by atoms with van der Waals surface area (Å²) in [6.45, 7) is 1.99. The number of nitro benzene ring substituents is 1. The number of non-ortho nitro benzene ring substituents is 1. The predicted molar refractivity (Wildman–Crippen MR) is 98.6 cm³/mol. The third-order valence-corrected chi connectivity index (χ3v) is 4.69. The topological polar surface area (TPSA) is 97.6 Å². The first-order chi connectivity index (χ1) is 12.6. The SMILES string of the molecule is Cc1ccccc1-n1cnnc1S/C(=C\C#N)c1ccc([N+](=O)[O-])cc1. The van der Waals surface area contributed by atoms with Gasteiger partial charge >= 0.3 is 0 Å². The zero-order valence-electron chi connectivity index (χ0n) is 13.7. The molecule has 128 valence electrons. The maximum absolute atomic E-state index is 10.8. The Morgan fingerprint density at radius 3 is 2.65 bits per heavy atom. The molecule has 0 radical (unpaired) electrons. The number of benzene rings is 2. The van der Waals surface area contributed by atoms with Gasteiger partial charge in [0.2, 0.25) is 0 Å². The van der Waals surface area contributed by atoms with Crippen LogP contribution >= 0.6 is 11.8 Å². The molecule has 0 atom stereocenters. The first-order valence-corrected chi connectivity index (χ1v) is 8.40. The summed E-state index contributed by atoms with van der Waals surface area (Å²) in [5, 5.41) is 28.6. The van der Waals surface area contributed by atoms with Crippen LogP contribution in [0.15, 0.2) is 66.1 Å². The summed E-state index contributed by atoms with van der Waals surface area (Å²) >= 11 is 1.28. The van der Waals surface area contributed by atoms with E-state index in [1.54, 1.807) is 18.5 Å². The van der Waals surface area contributed by atoms with Crippen LogP contribution < -0.4 is 0 Å². The molecule has 3 aromatic rings. The molecule has 0 aliphatic heterocycles. The Bertz CT molecular complexity index is 1020. The summed E-state index contributed by atoms with van der Waals surface area (Å²) in [5.74, 6) is 0. The van der Waals surface area contributed by atoms with Crippen LogP contribution in [0.4, 0.5) is 5.69 Å². The van der Waals surface area contributed by atoms with Crippen molar-refractivity contribution in [2.24, 2.45) is 0 Å². The second kappa shape index (κ2) is 7.63. The van der Waals surface area contributed by atoms with E-state index in [-0.39, 0.29) is 5.69 Å². The summed E-state index contributed by atoms with van der Waals surface area (Å²) in [6, 6.07) is 15.9. The molecule has 0 amide bonds. The Hall–Kier alpha value is -3.44. The van der Waals surface area contributed by atoms with Crippen molar-refractivity contribution in [3.63, 3.8) is 0 Å². The van der Waals surface area contributed by atoms with Crippen LogP contribution in [0.3, 0.4) is 0 Å². The first-order valence-electron chi connectivity index (χ1n) is 7.58. The zero-order chi connectivity index (χ0) is 18.5. The maximum atomic E-state index is 10.8. The molecule has 1 heterocycles. The number of nitriles is 1. The lowest BCUT2D eigenvalue weighted by molar-refractivity contribution is -0.384. The highest BCUT2D eigenvalue weighted by molar-refractivity contribution is 8.08. The van der Waals surface area contributed by atoms with Gasteiger partial charge in [0.05, 0.1) is 16.7 Å². The molecule has 0 fully saturated rings. The molecular formula is C18H13N5O2S. The predicted octanol–water partition coefficient (Wildman–Crippen LogP) is 4.14. The van der Waals surface area contributed by atoms with Gasteiger partial charge < -0.3 is 0 Å². The second-order valence-electron chi connectivity index (χ2n) is 5.31. The molecule has 0 aliphatic rings. The van der Waals surface area contributed by atoms with E-state index in [1.165, 1.54) is 30.0 Å². The largest absolute Gasteiger partial charge is 0.276 e. The minimum atomic E-state index is -0.459. The third kappa shape index (κ3) is 3.63. The average molecular weight is 363 g/mol. The highest BCUT2D eigenvalue weighted by Crippen LogP contribution is 2.35. The quantitative estimate of drug-likeness (QED) is 0.292. The van der Waals surface area contributed by atoms with Crippen molar-refractivity contribution in [1.29, 1.82) is 5.26 Å². The zero-order valence-corrected chi connectivity index (χ0v) is 14.6. The van der Waals surface area contributed by atoms with Crippen molar-refractivity contribution in [1.82, 2.24) is 14.8 Å². The molecule has 0 saturated carbocycles. The minimum absolute atomic E-state index is 0.00173. The number of nitrogens with zero attached hydrogens (tertiary/aromatic N) is 5. The lowest BCUT2D eigenvalue weighted by atomic mass is 10.2. The van der Waals surface area contributed by atoms with E-state index >= 15 is 0 Å². The molecule has 0 N–H and O–H groups in total. The van der Waals surface area contributed by atoms with Crippen molar-refractivity contribution < 1.29 is 4.92 Å². The minimum Gasteiger partial charge on any atom is -0.276 e.